The molecule has 0 aliphatic heterocycles. The number of hydrogen-bond acceptors (Lipinski definition) is 6. The van der Waals surface area contributed by atoms with Gasteiger partial charge in [-0.05, 0) is 49.7 Å². The smallest absolute Gasteiger partial charge is 0.338 e. The Morgan fingerprint density at radius 3 is 2.69 bits per heavy atom. The summed E-state index contributed by atoms with van der Waals surface area (Å²) in [6.45, 7) is 4.70. The van der Waals surface area contributed by atoms with Crippen molar-refractivity contribution in [2.24, 2.45) is 4.99 Å². The molecule has 0 saturated heterocycles. The van der Waals surface area contributed by atoms with Crippen LogP contribution in [0.25, 0.3) is 10.2 Å². The minimum Gasteiger partial charge on any atom is -0.462 e. The lowest BCUT2D eigenvalue weighted by molar-refractivity contribution is 0.0526. The normalized spacial score (nSPS) is 11.7. The first-order chi connectivity index (χ1) is 12.6. The van der Waals surface area contributed by atoms with E-state index >= 15 is 0 Å². The van der Waals surface area contributed by atoms with Gasteiger partial charge in [-0.15, -0.1) is 0 Å². The van der Waals surface area contributed by atoms with Crippen molar-refractivity contribution in [2.45, 2.75) is 26.8 Å². The second-order valence-corrected chi connectivity index (χ2v) is 6.53. The van der Waals surface area contributed by atoms with Crippen molar-refractivity contribution in [1.29, 1.82) is 0 Å². The van der Waals surface area contributed by atoms with Gasteiger partial charge in [-0.1, -0.05) is 18.3 Å². The lowest BCUT2D eigenvalue weighted by Gasteiger charge is -2.06. The Bertz CT molecular complexity index is 1050. The molecule has 0 atom stereocenters. The topological polar surface area (TPSA) is 73.6 Å². The Balaban J connectivity index is 2.10. The zero-order valence-electron chi connectivity index (χ0n) is 14.6. The van der Waals surface area contributed by atoms with Gasteiger partial charge in [0.1, 0.15) is 4.83 Å². The molecule has 134 valence electrons. The Morgan fingerprint density at radius 2 is 2.00 bits per heavy atom. The van der Waals surface area contributed by atoms with E-state index < -0.39 is 0 Å². The maximum Gasteiger partial charge on any atom is 0.338 e. The Morgan fingerprint density at radius 1 is 1.23 bits per heavy atom. The third-order valence-corrected chi connectivity index (χ3v) is 4.73. The number of ether oxygens (including phenoxy) is 1. The maximum absolute atomic E-state index is 12.8. The van der Waals surface area contributed by atoms with Crippen LogP contribution >= 0.6 is 11.3 Å². The molecular formula is C19H19N3O3S. The highest BCUT2D eigenvalue weighted by Crippen LogP contribution is 2.14. The predicted molar refractivity (Wildman–Crippen MR) is 102 cm³/mol. The molecule has 2 aromatic heterocycles. The highest BCUT2D eigenvalue weighted by molar-refractivity contribution is 7.15. The zero-order valence-corrected chi connectivity index (χ0v) is 15.5. The van der Waals surface area contributed by atoms with Crippen molar-refractivity contribution in [1.82, 2.24) is 9.55 Å². The van der Waals surface area contributed by atoms with E-state index in [0.717, 1.165) is 6.42 Å². The molecule has 0 N–H and O–H groups in total. The number of benzene rings is 1. The van der Waals surface area contributed by atoms with Crippen molar-refractivity contribution in [3.63, 3.8) is 0 Å². The van der Waals surface area contributed by atoms with Gasteiger partial charge in [-0.2, -0.15) is 0 Å². The first-order valence-corrected chi connectivity index (χ1v) is 9.26. The van der Waals surface area contributed by atoms with E-state index in [4.69, 9.17) is 4.74 Å². The summed E-state index contributed by atoms with van der Waals surface area (Å²) in [7, 11) is 0. The van der Waals surface area contributed by atoms with Crippen molar-refractivity contribution in [3.05, 3.63) is 63.3 Å². The van der Waals surface area contributed by atoms with Crippen LogP contribution < -0.4 is 10.4 Å². The highest BCUT2D eigenvalue weighted by atomic mass is 32.1. The van der Waals surface area contributed by atoms with Crippen LogP contribution in [0.1, 0.15) is 30.6 Å². The number of carbonyl (C=O) groups is 1. The summed E-state index contributed by atoms with van der Waals surface area (Å²) in [6, 6.07) is 10.4. The molecule has 0 unspecified atom stereocenters. The first-order valence-electron chi connectivity index (χ1n) is 8.44. The van der Waals surface area contributed by atoms with Crippen LogP contribution in [0, 0.1) is 0 Å². The number of carbonyl (C=O) groups excluding carboxylic acids is 1. The van der Waals surface area contributed by atoms with E-state index in [0.29, 0.717) is 39.4 Å². The molecule has 0 radical (unpaired) electrons. The van der Waals surface area contributed by atoms with Gasteiger partial charge < -0.3 is 4.74 Å². The Labute approximate surface area is 154 Å². The summed E-state index contributed by atoms with van der Waals surface area (Å²) >= 11 is 1.37. The van der Waals surface area contributed by atoms with E-state index in [1.807, 2.05) is 6.92 Å². The summed E-state index contributed by atoms with van der Waals surface area (Å²) in [6.07, 6.45) is 2.49. The highest BCUT2D eigenvalue weighted by Gasteiger charge is 2.08. The quantitative estimate of drug-likeness (QED) is 0.647. The van der Waals surface area contributed by atoms with Crippen LogP contribution in [0.4, 0.5) is 5.69 Å². The SMILES string of the molecule is CCCn1c(=Nc2ccc(C(=O)OCC)cc2)sc2ncccc2c1=O. The number of nitrogens with zero attached hydrogens (tertiary/aromatic N) is 3. The van der Waals surface area contributed by atoms with E-state index in [2.05, 4.69) is 9.98 Å². The van der Waals surface area contributed by atoms with E-state index in [1.165, 1.54) is 11.3 Å². The molecule has 6 nitrogen and oxygen atoms in total. The maximum atomic E-state index is 12.8. The molecule has 26 heavy (non-hydrogen) atoms. The summed E-state index contributed by atoms with van der Waals surface area (Å²) in [5.74, 6) is -0.361. The Kier molecular flexibility index (Phi) is 5.58. The van der Waals surface area contributed by atoms with Crippen molar-refractivity contribution < 1.29 is 9.53 Å². The molecule has 0 spiro atoms. The summed E-state index contributed by atoms with van der Waals surface area (Å²) in [5.41, 5.74) is 1.05. The third kappa shape index (κ3) is 3.72. The molecule has 0 fully saturated rings. The predicted octanol–water partition coefficient (Wildman–Crippen LogP) is 3.28. The van der Waals surface area contributed by atoms with E-state index in [1.54, 1.807) is 54.1 Å². The van der Waals surface area contributed by atoms with Gasteiger partial charge in [-0.3, -0.25) is 9.36 Å². The van der Waals surface area contributed by atoms with Gasteiger partial charge in [0.05, 0.1) is 23.2 Å². The molecule has 0 bridgehead atoms. The molecule has 0 aliphatic carbocycles. The van der Waals surface area contributed by atoms with Crippen molar-refractivity contribution in [2.75, 3.05) is 6.61 Å². The standard InChI is InChI=1S/C19H19N3O3S/c1-3-12-22-17(23)15-6-5-11-20-16(15)26-19(22)21-14-9-7-13(8-10-14)18(24)25-4-2/h5-11H,3-4,12H2,1-2H3. The first kappa shape index (κ1) is 18.0. The van der Waals surface area contributed by atoms with Gasteiger partial charge in [0.15, 0.2) is 4.80 Å². The van der Waals surface area contributed by atoms with Crippen molar-refractivity contribution in [3.8, 4) is 0 Å². The van der Waals surface area contributed by atoms with E-state index in [9.17, 15) is 9.59 Å². The lowest BCUT2D eigenvalue weighted by atomic mass is 10.2. The summed E-state index contributed by atoms with van der Waals surface area (Å²) < 4.78 is 6.65. The Hall–Kier alpha value is -2.80. The molecule has 3 aromatic rings. The molecule has 3 rings (SSSR count). The number of aromatic nitrogens is 2. The molecule has 2 heterocycles. The minimum atomic E-state index is -0.361. The average Bonchev–Trinajstić information content (AvgIpc) is 2.66. The second-order valence-electron chi connectivity index (χ2n) is 5.58. The molecule has 1 aromatic carbocycles. The fourth-order valence-electron chi connectivity index (χ4n) is 2.51. The third-order valence-electron chi connectivity index (χ3n) is 3.72. The summed E-state index contributed by atoms with van der Waals surface area (Å²) in [5, 5.41) is 0.600. The van der Waals surface area contributed by atoms with Gasteiger partial charge in [-0.25, -0.2) is 14.8 Å². The monoisotopic (exact) mass is 369 g/mol. The molecule has 0 amide bonds. The largest absolute Gasteiger partial charge is 0.462 e. The van der Waals surface area contributed by atoms with Crippen LogP contribution in [0.5, 0.6) is 0 Å². The molecule has 0 saturated carbocycles. The number of hydrogen-bond donors (Lipinski definition) is 0. The number of rotatable bonds is 5. The second kappa shape index (κ2) is 8.05. The van der Waals surface area contributed by atoms with Crippen LogP contribution in [0.15, 0.2) is 52.4 Å². The van der Waals surface area contributed by atoms with Crippen LogP contribution in [-0.4, -0.2) is 22.1 Å². The van der Waals surface area contributed by atoms with Gasteiger partial charge >= 0.3 is 5.97 Å². The lowest BCUT2D eigenvalue weighted by Crippen LogP contribution is -2.31. The number of esters is 1. The van der Waals surface area contributed by atoms with Gasteiger partial charge in [0, 0.05) is 12.7 Å². The van der Waals surface area contributed by atoms with Crippen LogP contribution in [0.2, 0.25) is 0 Å². The number of fused-ring (bicyclic) bond motifs is 1. The average molecular weight is 369 g/mol. The van der Waals surface area contributed by atoms with Crippen molar-refractivity contribution >= 4 is 33.2 Å². The summed E-state index contributed by atoms with van der Waals surface area (Å²) in [4.78, 5) is 34.6. The van der Waals surface area contributed by atoms with Crippen LogP contribution in [-0.2, 0) is 11.3 Å². The zero-order chi connectivity index (χ0) is 18.5. The number of pyridine rings is 1. The molecule has 7 heteroatoms. The van der Waals surface area contributed by atoms with Crippen LogP contribution in [0.3, 0.4) is 0 Å². The fraction of sp³-hybridized carbons (Fsp3) is 0.263. The molecular weight excluding hydrogens is 350 g/mol. The minimum absolute atomic E-state index is 0.0874. The van der Waals surface area contributed by atoms with E-state index in [-0.39, 0.29) is 11.5 Å². The van der Waals surface area contributed by atoms with Gasteiger partial charge in [0.25, 0.3) is 5.56 Å². The fourth-order valence-corrected chi connectivity index (χ4v) is 3.50. The van der Waals surface area contributed by atoms with Gasteiger partial charge in [0.2, 0.25) is 0 Å². The molecule has 0 aliphatic rings.